The molecule has 1 aliphatic heterocycles. The van der Waals surface area contributed by atoms with Crippen molar-refractivity contribution in [3.8, 4) is 6.07 Å². The van der Waals surface area contributed by atoms with E-state index in [0.717, 1.165) is 0 Å². The van der Waals surface area contributed by atoms with Gasteiger partial charge in [0.2, 0.25) is 0 Å². The van der Waals surface area contributed by atoms with Crippen molar-refractivity contribution in [1.82, 2.24) is 0 Å². The van der Waals surface area contributed by atoms with Gasteiger partial charge in [0.15, 0.2) is 0 Å². The molecule has 138 valence electrons. The second-order valence-electron chi connectivity index (χ2n) is 6.50. The number of nitriles is 1. The van der Waals surface area contributed by atoms with E-state index in [4.69, 9.17) is 16.9 Å². The van der Waals surface area contributed by atoms with Crippen LogP contribution in [0.2, 0.25) is 5.02 Å². The van der Waals surface area contributed by atoms with Crippen molar-refractivity contribution in [2.75, 3.05) is 0 Å². The van der Waals surface area contributed by atoms with E-state index in [0.29, 0.717) is 22.7 Å². The fourth-order valence-corrected chi connectivity index (χ4v) is 4.22. The van der Waals surface area contributed by atoms with Gasteiger partial charge in [-0.05, 0) is 37.5 Å². The molecule has 0 radical (unpaired) electrons. The quantitative estimate of drug-likeness (QED) is 0.785. The van der Waals surface area contributed by atoms with E-state index in [-0.39, 0.29) is 12.8 Å². The summed E-state index contributed by atoms with van der Waals surface area (Å²) >= 11 is 6.10. The zero-order valence-electron chi connectivity index (χ0n) is 14.6. The molecule has 4 atom stereocenters. The Hall–Kier alpha value is -2.39. The van der Waals surface area contributed by atoms with Gasteiger partial charge in [-0.1, -0.05) is 30.7 Å². The molecule has 0 amide bonds. The fraction of sp³-hybridized carbons (Fsp3) is 0.474. The molecule has 26 heavy (non-hydrogen) atoms. The first-order valence-electron chi connectivity index (χ1n) is 8.44. The van der Waals surface area contributed by atoms with Gasteiger partial charge in [0.1, 0.15) is 5.92 Å². The number of hydrogen-bond acceptors (Lipinski definition) is 4. The number of aliphatic imine (C=N–C) groups is 1. The highest BCUT2D eigenvalue weighted by Crippen LogP contribution is 2.52. The Morgan fingerprint density at radius 2 is 2.08 bits per heavy atom. The highest BCUT2D eigenvalue weighted by Gasteiger charge is 2.58. The summed E-state index contributed by atoms with van der Waals surface area (Å²) in [6, 6.07) is 7.95. The molecular weight excluding hydrogens is 356 g/mol. The monoisotopic (exact) mass is 376 g/mol. The molecule has 1 aromatic rings. The van der Waals surface area contributed by atoms with Crippen LogP contribution in [0, 0.1) is 22.7 Å². The van der Waals surface area contributed by atoms with Gasteiger partial charge >= 0.3 is 11.9 Å². The molecule has 0 saturated carbocycles. The number of rotatable bonds is 6. The lowest BCUT2D eigenvalue weighted by atomic mass is 9.58. The summed E-state index contributed by atoms with van der Waals surface area (Å²) in [5.74, 6) is -4.21. The SMILES string of the molecule is CCC1=NC(C)C(CCC#N)(C(=O)O)C(c2cccc(Cl)c2)C1C(=O)O. The summed E-state index contributed by atoms with van der Waals surface area (Å²) in [5.41, 5.74) is -0.496. The summed E-state index contributed by atoms with van der Waals surface area (Å²) in [5, 5.41) is 29.5. The maximum atomic E-state index is 12.4. The maximum Gasteiger partial charge on any atom is 0.312 e. The van der Waals surface area contributed by atoms with Crippen molar-refractivity contribution < 1.29 is 19.8 Å². The molecule has 2 rings (SSSR count). The molecular formula is C19H21ClN2O4. The third kappa shape index (κ3) is 3.32. The smallest absolute Gasteiger partial charge is 0.312 e. The molecule has 4 unspecified atom stereocenters. The number of carboxylic acids is 2. The molecule has 6 nitrogen and oxygen atoms in total. The minimum Gasteiger partial charge on any atom is -0.481 e. The highest BCUT2D eigenvalue weighted by atomic mass is 35.5. The number of halogens is 1. The van der Waals surface area contributed by atoms with Crippen LogP contribution in [0.15, 0.2) is 29.3 Å². The lowest BCUT2D eigenvalue weighted by Gasteiger charge is -2.46. The lowest BCUT2D eigenvalue weighted by Crippen LogP contribution is -2.54. The third-order valence-corrected chi connectivity index (χ3v) is 5.47. The summed E-state index contributed by atoms with van der Waals surface area (Å²) in [4.78, 5) is 29.0. The molecule has 0 bridgehead atoms. The summed E-state index contributed by atoms with van der Waals surface area (Å²) in [6.45, 7) is 3.48. The van der Waals surface area contributed by atoms with Crippen LogP contribution in [0.25, 0.3) is 0 Å². The van der Waals surface area contributed by atoms with Crippen LogP contribution >= 0.6 is 11.6 Å². The number of aliphatic carboxylic acids is 2. The van der Waals surface area contributed by atoms with Crippen molar-refractivity contribution in [2.45, 2.75) is 45.1 Å². The Bertz CT molecular complexity index is 786. The van der Waals surface area contributed by atoms with Crippen LogP contribution in [0.4, 0.5) is 0 Å². The van der Waals surface area contributed by atoms with E-state index in [1.807, 2.05) is 6.07 Å². The predicted molar refractivity (Wildman–Crippen MR) is 97.4 cm³/mol. The molecule has 7 heteroatoms. The number of carboxylic acid groups (broad SMARTS) is 2. The minimum absolute atomic E-state index is 0.00295. The van der Waals surface area contributed by atoms with E-state index < -0.39 is 35.2 Å². The molecule has 0 aliphatic carbocycles. The van der Waals surface area contributed by atoms with Crippen molar-refractivity contribution in [1.29, 1.82) is 5.26 Å². The highest BCUT2D eigenvalue weighted by molar-refractivity contribution is 6.30. The third-order valence-electron chi connectivity index (χ3n) is 5.24. The summed E-state index contributed by atoms with van der Waals surface area (Å²) < 4.78 is 0. The Labute approximate surface area is 157 Å². The zero-order valence-corrected chi connectivity index (χ0v) is 15.4. The van der Waals surface area contributed by atoms with Gasteiger partial charge in [0.25, 0.3) is 0 Å². The second kappa shape index (κ2) is 7.88. The van der Waals surface area contributed by atoms with Gasteiger partial charge in [-0.3, -0.25) is 14.6 Å². The Balaban J connectivity index is 2.80. The van der Waals surface area contributed by atoms with Crippen molar-refractivity contribution in [2.24, 2.45) is 16.3 Å². The van der Waals surface area contributed by atoms with Crippen LogP contribution < -0.4 is 0 Å². The Morgan fingerprint density at radius 3 is 2.58 bits per heavy atom. The molecule has 1 heterocycles. The molecule has 2 N–H and O–H groups in total. The standard InChI is InChI=1S/C19H21ClN2O4/c1-3-14-15(17(23)24)16(12-6-4-7-13(20)10-12)19(18(25)26,8-5-9-21)11(2)22-14/h4,6-7,10-11,15-16H,3,5,8H2,1-2H3,(H,23,24)(H,25,26). The second-order valence-corrected chi connectivity index (χ2v) is 6.94. The number of nitrogens with zero attached hydrogens (tertiary/aromatic N) is 2. The summed E-state index contributed by atoms with van der Waals surface area (Å²) in [7, 11) is 0. The number of benzene rings is 1. The molecule has 0 aromatic heterocycles. The molecule has 0 spiro atoms. The van der Waals surface area contributed by atoms with Crippen LogP contribution in [-0.2, 0) is 9.59 Å². The minimum atomic E-state index is -1.50. The average molecular weight is 377 g/mol. The van der Waals surface area contributed by atoms with Gasteiger partial charge in [-0.2, -0.15) is 5.26 Å². The van der Waals surface area contributed by atoms with Crippen LogP contribution in [0.5, 0.6) is 0 Å². The molecule has 1 aliphatic rings. The van der Waals surface area contributed by atoms with E-state index in [1.165, 1.54) is 0 Å². The summed E-state index contributed by atoms with van der Waals surface area (Å²) in [6.07, 6.45) is 0.421. The number of carbonyl (C=O) groups is 2. The first-order chi connectivity index (χ1) is 12.3. The maximum absolute atomic E-state index is 12.4. The van der Waals surface area contributed by atoms with Gasteiger partial charge in [0, 0.05) is 23.1 Å². The van der Waals surface area contributed by atoms with Gasteiger partial charge in [0.05, 0.1) is 17.5 Å². The molecule has 0 fully saturated rings. The van der Waals surface area contributed by atoms with Crippen molar-refractivity contribution >= 4 is 29.3 Å². The van der Waals surface area contributed by atoms with E-state index in [1.54, 1.807) is 38.1 Å². The first-order valence-corrected chi connectivity index (χ1v) is 8.82. The average Bonchev–Trinajstić information content (AvgIpc) is 2.59. The predicted octanol–water partition coefficient (Wildman–Crippen LogP) is 3.75. The topological polar surface area (TPSA) is 111 Å². The van der Waals surface area contributed by atoms with Crippen LogP contribution in [0.3, 0.4) is 0 Å². The molecule has 1 aromatic carbocycles. The fourth-order valence-electron chi connectivity index (χ4n) is 4.03. The normalized spacial score (nSPS) is 28.1. The largest absolute Gasteiger partial charge is 0.481 e. The Kier molecular flexibility index (Phi) is 6.04. The Morgan fingerprint density at radius 1 is 1.38 bits per heavy atom. The van der Waals surface area contributed by atoms with E-state index >= 15 is 0 Å². The lowest BCUT2D eigenvalue weighted by molar-refractivity contribution is -0.155. The first kappa shape index (κ1) is 19.9. The van der Waals surface area contributed by atoms with Gasteiger partial charge in [-0.25, -0.2) is 0 Å². The zero-order chi connectivity index (χ0) is 19.5. The van der Waals surface area contributed by atoms with Crippen molar-refractivity contribution in [3.05, 3.63) is 34.9 Å². The van der Waals surface area contributed by atoms with Gasteiger partial charge < -0.3 is 10.2 Å². The van der Waals surface area contributed by atoms with Gasteiger partial charge in [-0.15, -0.1) is 0 Å². The van der Waals surface area contributed by atoms with Crippen LogP contribution in [-0.4, -0.2) is 33.9 Å². The van der Waals surface area contributed by atoms with E-state index in [2.05, 4.69) is 4.99 Å². The molecule has 0 saturated heterocycles. The van der Waals surface area contributed by atoms with Crippen molar-refractivity contribution in [3.63, 3.8) is 0 Å². The van der Waals surface area contributed by atoms with E-state index in [9.17, 15) is 19.8 Å². The number of hydrogen-bond donors (Lipinski definition) is 2. The van der Waals surface area contributed by atoms with Crippen LogP contribution in [0.1, 0.15) is 44.6 Å².